The minimum atomic E-state index is -0.445. The van der Waals surface area contributed by atoms with Crippen molar-refractivity contribution in [2.24, 2.45) is 0 Å². The molecule has 2 heterocycles. The van der Waals surface area contributed by atoms with E-state index < -0.39 is 5.41 Å². The normalized spacial score (nSPS) is 17.9. The van der Waals surface area contributed by atoms with E-state index >= 15 is 0 Å². The highest BCUT2D eigenvalue weighted by molar-refractivity contribution is 5.96. The Labute approximate surface area is 244 Å². The first-order valence-electron chi connectivity index (χ1n) is 14.6. The number of benzene rings is 5. The fourth-order valence-electron chi connectivity index (χ4n) is 7.43. The maximum atomic E-state index is 6.80. The van der Waals surface area contributed by atoms with Gasteiger partial charge in [0.1, 0.15) is 11.5 Å². The Morgan fingerprint density at radius 1 is 0.571 bits per heavy atom. The molecule has 6 aromatic rings. The van der Waals surface area contributed by atoms with Crippen LogP contribution in [0.2, 0.25) is 0 Å². The summed E-state index contributed by atoms with van der Waals surface area (Å²) in [4.78, 5) is 0. The Kier molecular flexibility index (Phi) is 4.94. The molecule has 42 heavy (non-hydrogen) atoms. The minimum absolute atomic E-state index is 0.445. The molecule has 1 spiro atoms. The molecule has 3 aliphatic rings. The van der Waals surface area contributed by atoms with E-state index in [1.54, 1.807) is 0 Å². The van der Waals surface area contributed by atoms with E-state index in [2.05, 4.69) is 133 Å². The molecule has 1 unspecified atom stereocenters. The summed E-state index contributed by atoms with van der Waals surface area (Å²) < 4.78 is 6.80. The van der Waals surface area contributed by atoms with Gasteiger partial charge in [-0.1, -0.05) is 109 Å². The second-order valence-electron chi connectivity index (χ2n) is 11.2. The van der Waals surface area contributed by atoms with Crippen molar-refractivity contribution in [3.05, 3.63) is 161 Å². The minimum Gasteiger partial charge on any atom is -0.456 e. The summed E-state index contributed by atoms with van der Waals surface area (Å²) in [5.41, 5.74) is 11.1. The molecular weight excluding hydrogens is 512 g/mol. The lowest BCUT2D eigenvalue weighted by Gasteiger charge is -2.41. The van der Waals surface area contributed by atoms with Crippen LogP contribution in [-0.2, 0) is 5.41 Å². The highest BCUT2D eigenvalue weighted by atomic mass is 16.5. The van der Waals surface area contributed by atoms with Gasteiger partial charge in [-0.3, -0.25) is 0 Å². The number of nitrogens with zero attached hydrogens (tertiary/aromatic N) is 2. The first-order chi connectivity index (χ1) is 20.8. The standard InChI is InChI=1S/C39H26N2O/c1-2-13-26-25(11-1)12-9-16-29(26)35-23-24-36(41-40-35)30-17-10-21-34-38(30)42-37-22-8-7-20-33(37)39(34)31-18-5-3-14-27(31)28-15-4-6-19-32(28)39/h1-3,5-14,16-24H,4,15H2. The number of aromatic nitrogens is 2. The lowest BCUT2D eigenvalue weighted by molar-refractivity contribution is 0.437. The lowest BCUT2D eigenvalue weighted by Crippen LogP contribution is -2.33. The van der Waals surface area contributed by atoms with Gasteiger partial charge in [0.2, 0.25) is 0 Å². The molecule has 0 saturated heterocycles. The number of ether oxygens (including phenoxy) is 1. The van der Waals surface area contributed by atoms with Crippen molar-refractivity contribution >= 4 is 16.3 Å². The van der Waals surface area contributed by atoms with Crippen molar-refractivity contribution in [2.75, 3.05) is 0 Å². The molecular formula is C39H26N2O. The zero-order valence-corrected chi connectivity index (χ0v) is 22.9. The van der Waals surface area contributed by atoms with Crippen molar-refractivity contribution in [3.63, 3.8) is 0 Å². The van der Waals surface area contributed by atoms with E-state index in [0.717, 1.165) is 52.4 Å². The van der Waals surface area contributed by atoms with Gasteiger partial charge in [-0.2, -0.15) is 0 Å². The Morgan fingerprint density at radius 3 is 2.14 bits per heavy atom. The maximum absolute atomic E-state index is 6.80. The predicted molar refractivity (Wildman–Crippen MR) is 169 cm³/mol. The summed E-state index contributed by atoms with van der Waals surface area (Å²) in [6, 6.07) is 42.8. The van der Waals surface area contributed by atoms with E-state index in [1.165, 1.54) is 38.6 Å². The Hall–Kier alpha value is -5.28. The number of allylic oxidation sites excluding steroid dienone is 4. The predicted octanol–water partition coefficient (Wildman–Crippen LogP) is 9.52. The summed E-state index contributed by atoms with van der Waals surface area (Å²) in [5, 5.41) is 11.9. The molecule has 5 aromatic carbocycles. The molecule has 1 atom stereocenters. The summed E-state index contributed by atoms with van der Waals surface area (Å²) >= 11 is 0. The van der Waals surface area contributed by atoms with Crippen LogP contribution in [0.1, 0.15) is 35.1 Å². The van der Waals surface area contributed by atoms with E-state index in [9.17, 15) is 0 Å². The molecule has 0 N–H and O–H groups in total. The summed E-state index contributed by atoms with van der Waals surface area (Å²) in [6.07, 6.45) is 6.79. The Balaban J connectivity index is 1.26. The van der Waals surface area contributed by atoms with Crippen LogP contribution >= 0.6 is 0 Å². The molecule has 0 amide bonds. The fourth-order valence-corrected chi connectivity index (χ4v) is 7.43. The second-order valence-corrected chi connectivity index (χ2v) is 11.2. The maximum Gasteiger partial charge on any atom is 0.141 e. The van der Waals surface area contributed by atoms with Gasteiger partial charge in [0.25, 0.3) is 0 Å². The van der Waals surface area contributed by atoms with Crippen LogP contribution in [0.15, 0.2) is 139 Å². The van der Waals surface area contributed by atoms with E-state index in [0.29, 0.717) is 0 Å². The summed E-state index contributed by atoms with van der Waals surface area (Å²) in [7, 11) is 0. The van der Waals surface area contributed by atoms with Crippen LogP contribution in [-0.4, -0.2) is 10.2 Å². The molecule has 0 radical (unpaired) electrons. The lowest BCUT2D eigenvalue weighted by atomic mass is 9.64. The topological polar surface area (TPSA) is 35.0 Å². The molecule has 3 heteroatoms. The third-order valence-corrected chi connectivity index (χ3v) is 9.16. The van der Waals surface area contributed by atoms with E-state index in [4.69, 9.17) is 14.9 Å². The third-order valence-electron chi connectivity index (χ3n) is 9.16. The van der Waals surface area contributed by atoms with Gasteiger partial charge in [-0.05, 0) is 70.2 Å². The first kappa shape index (κ1) is 23.4. The SMILES string of the molecule is C1=CC2=C(CC1)c1ccccc1C21c2ccccc2Oc2c(-c3ccc(-c4cccc5ccccc45)nn3)cccc21. The molecule has 1 aliphatic heterocycles. The molecule has 0 bridgehead atoms. The zero-order valence-electron chi connectivity index (χ0n) is 22.9. The molecule has 3 nitrogen and oxygen atoms in total. The average molecular weight is 539 g/mol. The largest absolute Gasteiger partial charge is 0.456 e. The highest BCUT2D eigenvalue weighted by Crippen LogP contribution is 2.63. The van der Waals surface area contributed by atoms with Gasteiger partial charge in [0.05, 0.1) is 16.8 Å². The molecule has 0 fully saturated rings. The second kappa shape index (κ2) is 8.86. The quantitative estimate of drug-likeness (QED) is 0.220. The molecule has 2 aliphatic carbocycles. The van der Waals surface area contributed by atoms with Crippen molar-refractivity contribution in [1.82, 2.24) is 10.2 Å². The molecule has 198 valence electrons. The number of para-hydroxylation sites is 2. The average Bonchev–Trinajstić information content (AvgIpc) is 3.35. The molecule has 1 aromatic heterocycles. The van der Waals surface area contributed by atoms with Crippen LogP contribution < -0.4 is 4.74 Å². The van der Waals surface area contributed by atoms with Gasteiger partial charge in [0, 0.05) is 22.3 Å². The number of fused-ring (bicyclic) bond motifs is 9. The van der Waals surface area contributed by atoms with Gasteiger partial charge >= 0.3 is 0 Å². The smallest absolute Gasteiger partial charge is 0.141 e. The summed E-state index contributed by atoms with van der Waals surface area (Å²) in [5.74, 6) is 1.74. The number of hydrogen-bond acceptors (Lipinski definition) is 3. The number of rotatable bonds is 2. The third kappa shape index (κ3) is 3.11. The molecule has 0 saturated carbocycles. The van der Waals surface area contributed by atoms with Gasteiger partial charge < -0.3 is 4.74 Å². The van der Waals surface area contributed by atoms with Crippen LogP contribution in [0, 0.1) is 0 Å². The summed E-state index contributed by atoms with van der Waals surface area (Å²) in [6.45, 7) is 0. The highest BCUT2D eigenvalue weighted by Gasteiger charge is 2.52. The van der Waals surface area contributed by atoms with E-state index in [1.807, 2.05) is 0 Å². The van der Waals surface area contributed by atoms with Crippen molar-refractivity contribution in [1.29, 1.82) is 0 Å². The van der Waals surface area contributed by atoms with Crippen LogP contribution in [0.25, 0.3) is 38.9 Å². The molecule has 9 rings (SSSR count). The van der Waals surface area contributed by atoms with E-state index in [-0.39, 0.29) is 0 Å². The van der Waals surface area contributed by atoms with Crippen molar-refractivity contribution < 1.29 is 4.74 Å². The first-order valence-corrected chi connectivity index (χ1v) is 14.6. The van der Waals surface area contributed by atoms with Gasteiger partial charge in [0.15, 0.2) is 0 Å². The van der Waals surface area contributed by atoms with Crippen LogP contribution in [0.4, 0.5) is 0 Å². The van der Waals surface area contributed by atoms with Gasteiger partial charge in [-0.25, -0.2) is 0 Å². The fraction of sp³-hybridized carbons (Fsp3) is 0.0769. The van der Waals surface area contributed by atoms with Crippen molar-refractivity contribution in [2.45, 2.75) is 18.3 Å². The van der Waals surface area contributed by atoms with Crippen LogP contribution in [0.3, 0.4) is 0 Å². The van der Waals surface area contributed by atoms with Crippen LogP contribution in [0.5, 0.6) is 11.5 Å². The Bertz CT molecular complexity index is 2120. The Morgan fingerprint density at radius 2 is 1.24 bits per heavy atom. The zero-order chi connectivity index (χ0) is 27.7. The van der Waals surface area contributed by atoms with Crippen molar-refractivity contribution in [3.8, 4) is 34.0 Å². The number of hydrogen-bond donors (Lipinski definition) is 0. The monoisotopic (exact) mass is 538 g/mol. The van der Waals surface area contributed by atoms with Gasteiger partial charge in [-0.15, -0.1) is 10.2 Å².